The van der Waals surface area contributed by atoms with Crippen molar-refractivity contribution in [3.05, 3.63) is 60.2 Å². The van der Waals surface area contributed by atoms with Gasteiger partial charge in [-0.2, -0.15) is 0 Å². The number of carbonyl (C=O) groups excluding carboxylic acids is 1. The van der Waals surface area contributed by atoms with Gasteiger partial charge >= 0.3 is 0 Å². The molecule has 0 aliphatic carbocycles. The molecular formula is C23H26N4O2. The summed E-state index contributed by atoms with van der Waals surface area (Å²) in [5.41, 5.74) is 5.63. The van der Waals surface area contributed by atoms with Crippen molar-refractivity contribution in [2.24, 2.45) is 0 Å². The van der Waals surface area contributed by atoms with E-state index >= 15 is 0 Å². The van der Waals surface area contributed by atoms with Crippen molar-refractivity contribution in [3.8, 4) is 11.4 Å². The quantitative estimate of drug-likeness (QED) is 0.382. The van der Waals surface area contributed by atoms with Gasteiger partial charge in [-0.05, 0) is 55.8 Å². The van der Waals surface area contributed by atoms with Crippen LogP contribution in [0.5, 0.6) is 0 Å². The summed E-state index contributed by atoms with van der Waals surface area (Å²) in [6.07, 6.45) is 5.43. The van der Waals surface area contributed by atoms with Crippen molar-refractivity contribution in [1.29, 1.82) is 0 Å². The molecule has 6 heteroatoms. The van der Waals surface area contributed by atoms with Gasteiger partial charge in [-0.1, -0.05) is 37.3 Å². The molecule has 1 atom stereocenters. The molecule has 1 saturated heterocycles. The smallest absolute Gasteiger partial charge is 0.267 e. The van der Waals surface area contributed by atoms with Crippen LogP contribution >= 0.6 is 0 Å². The van der Waals surface area contributed by atoms with Crippen molar-refractivity contribution in [1.82, 2.24) is 19.9 Å². The molecule has 2 heterocycles. The fraction of sp³-hybridized carbons (Fsp3) is 0.304. The number of nitrogens with one attached hydrogen (secondary N) is 1. The van der Waals surface area contributed by atoms with E-state index in [0.29, 0.717) is 6.04 Å². The van der Waals surface area contributed by atoms with Gasteiger partial charge in [0, 0.05) is 24.2 Å². The van der Waals surface area contributed by atoms with Crippen LogP contribution in [0.1, 0.15) is 25.3 Å². The number of amides is 1. The minimum absolute atomic E-state index is 0.521. The lowest BCUT2D eigenvalue weighted by molar-refractivity contribution is -0.124. The number of hydroxylamine groups is 1. The normalized spacial score (nSPS) is 17.4. The first kappa shape index (κ1) is 19.4. The first-order valence-electron chi connectivity index (χ1n) is 10.1. The molecule has 2 aromatic carbocycles. The molecule has 1 unspecified atom stereocenters. The van der Waals surface area contributed by atoms with Crippen LogP contribution < -0.4 is 5.48 Å². The number of imidazole rings is 1. The molecule has 1 aromatic heterocycles. The summed E-state index contributed by atoms with van der Waals surface area (Å²) in [6, 6.07) is 16.7. The summed E-state index contributed by atoms with van der Waals surface area (Å²) in [6.45, 7) is 5.37. The molecule has 2 N–H and O–H groups in total. The van der Waals surface area contributed by atoms with Gasteiger partial charge in [0.1, 0.15) is 5.82 Å². The van der Waals surface area contributed by atoms with Crippen molar-refractivity contribution in [2.75, 3.05) is 13.1 Å². The Bertz CT molecular complexity index is 1040. The molecule has 6 nitrogen and oxygen atoms in total. The van der Waals surface area contributed by atoms with Gasteiger partial charge in [0.15, 0.2) is 0 Å². The molecule has 3 aromatic rings. The first-order valence-corrected chi connectivity index (χ1v) is 10.1. The van der Waals surface area contributed by atoms with Gasteiger partial charge in [-0.15, -0.1) is 0 Å². The molecular weight excluding hydrogens is 364 g/mol. The second-order valence-electron chi connectivity index (χ2n) is 7.39. The van der Waals surface area contributed by atoms with Gasteiger partial charge in [-0.25, -0.2) is 10.5 Å². The lowest BCUT2D eigenvalue weighted by Gasteiger charge is -2.24. The minimum atomic E-state index is -0.552. The highest BCUT2D eigenvalue weighted by Crippen LogP contribution is 2.28. The molecule has 0 radical (unpaired) electrons. The van der Waals surface area contributed by atoms with Crippen molar-refractivity contribution in [2.45, 2.75) is 32.4 Å². The van der Waals surface area contributed by atoms with E-state index in [-0.39, 0.29) is 0 Å². The number of fused-ring (bicyclic) bond motifs is 1. The Kier molecular flexibility index (Phi) is 5.74. The Morgan fingerprint density at radius 1 is 1.28 bits per heavy atom. The largest absolute Gasteiger partial charge is 0.322 e. The highest BCUT2D eigenvalue weighted by atomic mass is 16.5. The molecule has 1 amide bonds. The van der Waals surface area contributed by atoms with E-state index in [1.54, 1.807) is 11.6 Å². The summed E-state index contributed by atoms with van der Waals surface area (Å²) < 4.78 is 2.33. The van der Waals surface area contributed by atoms with Crippen LogP contribution in [0.4, 0.5) is 0 Å². The fourth-order valence-electron chi connectivity index (χ4n) is 4.20. The molecule has 0 bridgehead atoms. The number of hydrogen-bond acceptors (Lipinski definition) is 4. The maximum atomic E-state index is 11.3. The molecule has 0 spiro atoms. The third kappa shape index (κ3) is 4.09. The third-order valence-electron chi connectivity index (χ3n) is 5.64. The number of rotatable bonds is 6. The maximum Gasteiger partial charge on any atom is 0.267 e. The maximum absolute atomic E-state index is 11.3. The summed E-state index contributed by atoms with van der Waals surface area (Å²) in [5.74, 6) is 0.388. The highest BCUT2D eigenvalue weighted by molar-refractivity contribution is 5.91. The van der Waals surface area contributed by atoms with Gasteiger partial charge < -0.3 is 4.57 Å². The van der Waals surface area contributed by atoms with E-state index in [1.807, 2.05) is 30.3 Å². The van der Waals surface area contributed by atoms with E-state index < -0.39 is 5.91 Å². The van der Waals surface area contributed by atoms with Crippen molar-refractivity contribution < 1.29 is 10.0 Å². The van der Waals surface area contributed by atoms with Crippen molar-refractivity contribution in [3.63, 3.8) is 0 Å². The summed E-state index contributed by atoms with van der Waals surface area (Å²) in [7, 11) is 0. The standard InChI is InChI=1S/C23H26N4O2/c1-2-26-14-6-9-19(26)16-27-21-11-4-3-10-20(21)24-23(27)18-8-5-7-17(15-18)12-13-22(28)25-29/h3-5,7-8,10-13,15,19,29H,2,6,9,14,16H2,1H3,(H,25,28)/b13-12+. The lowest BCUT2D eigenvalue weighted by Crippen LogP contribution is -2.32. The van der Waals surface area contributed by atoms with Gasteiger partial charge in [-0.3, -0.25) is 14.9 Å². The predicted octanol–water partition coefficient (Wildman–Crippen LogP) is 3.71. The molecule has 150 valence electrons. The second kappa shape index (κ2) is 8.59. The van der Waals surface area contributed by atoms with E-state index in [2.05, 4.69) is 34.6 Å². The fourth-order valence-corrected chi connectivity index (χ4v) is 4.20. The molecule has 4 rings (SSSR count). The highest BCUT2D eigenvalue weighted by Gasteiger charge is 2.25. The van der Waals surface area contributed by atoms with Crippen LogP contribution in [-0.4, -0.2) is 44.7 Å². The van der Waals surface area contributed by atoms with Crippen LogP contribution in [0.15, 0.2) is 54.6 Å². The number of likely N-dealkylation sites (N-methyl/N-ethyl adjacent to an activating group) is 1. The number of likely N-dealkylation sites (tertiary alicyclic amines) is 1. The minimum Gasteiger partial charge on any atom is -0.322 e. The zero-order valence-corrected chi connectivity index (χ0v) is 16.6. The van der Waals surface area contributed by atoms with Gasteiger partial charge in [0.25, 0.3) is 5.91 Å². The van der Waals surface area contributed by atoms with E-state index in [0.717, 1.165) is 47.6 Å². The zero-order valence-electron chi connectivity index (χ0n) is 16.6. The van der Waals surface area contributed by atoms with E-state index in [1.165, 1.54) is 18.9 Å². The first-order chi connectivity index (χ1) is 14.2. The van der Waals surface area contributed by atoms with Crippen LogP contribution in [0.3, 0.4) is 0 Å². The molecule has 1 aliphatic heterocycles. The number of aromatic nitrogens is 2. The Hall–Kier alpha value is -2.96. The van der Waals surface area contributed by atoms with E-state index in [9.17, 15) is 4.79 Å². The summed E-state index contributed by atoms with van der Waals surface area (Å²) in [4.78, 5) is 18.8. The monoisotopic (exact) mass is 390 g/mol. The second-order valence-corrected chi connectivity index (χ2v) is 7.39. The van der Waals surface area contributed by atoms with Crippen LogP contribution in [0.2, 0.25) is 0 Å². The topological polar surface area (TPSA) is 70.4 Å². The summed E-state index contributed by atoms with van der Waals surface area (Å²) >= 11 is 0. The Morgan fingerprint density at radius 2 is 2.14 bits per heavy atom. The molecule has 0 saturated carbocycles. The number of nitrogens with zero attached hydrogens (tertiary/aromatic N) is 3. The Morgan fingerprint density at radius 3 is 2.97 bits per heavy atom. The third-order valence-corrected chi connectivity index (χ3v) is 5.64. The number of carbonyl (C=O) groups is 1. The number of hydrogen-bond donors (Lipinski definition) is 2. The lowest BCUT2D eigenvalue weighted by atomic mass is 10.1. The van der Waals surface area contributed by atoms with Crippen LogP contribution in [0.25, 0.3) is 28.5 Å². The van der Waals surface area contributed by atoms with Gasteiger partial charge in [0.2, 0.25) is 0 Å². The Balaban J connectivity index is 1.74. The predicted molar refractivity (Wildman–Crippen MR) is 114 cm³/mol. The average Bonchev–Trinajstić information content (AvgIpc) is 3.37. The number of benzene rings is 2. The van der Waals surface area contributed by atoms with Crippen LogP contribution in [0, 0.1) is 0 Å². The Labute approximate surface area is 170 Å². The molecule has 1 aliphatic rings. The van der Waals surface area contributed by atoms with E-state index in [4.69, 9.17) is 10.2 Å². The van der Waals surface area contributed by atoms with Gasteiger partial charge in [0.05, 0.1) is 11.0 Å². The van der Waals surface area contributed by atoms with Crippen molar-refractivity contribution >= 4 is 23.0 Å². The number of para-hydroxylation sites is 2. The zero-order chi connectivity index (χ0) is 20.2. The summed E-state index contributed by atoms with van der Waals surface area (Å²) in [5, 5.41) is 8.67. The van der Waals surface area contributed by atoms with Crippen LogP contribution in [-0.2, 0) is 11.3 Å². The molecule has 29 heavy (non-hydrogen) atoms. The molecule has 1 fully saturated rings. The SMILES string of the molecule is CCN1CCCC1Cn1c(-c2cccc(/C=C/C(=O)NO)c2)nc2ccccc21. The average molecular weight is 390 g/mol.